The molecule has 0 amide bonds. The van der Waals surface area contributed by atoms with Crippen molar-refractivity contribution in [2.75, 3.05) is 30.0 Å². The SMILES string of the molecule is CN(C)c1cccc(Nc2cc([N+](=O)[O-])cc(N)n2)c1. The fourth-order valence-corrected chi connectivity index (χ4v) is 1.72. The average Bonchev–Trinajstić information content (AvgIpc) is 2.38. The van der Waals surface area contributed by atoms with Crippen LogP contribution in [0.4, 0.5) is 28.7 Å². The molecule has 0 bridgehead atoms. The fraction of sp³-hybridized carbons (Fsp3) is 0.154. The van der Waals surface area contributed by atoms with E-state index < -0.39 is 4.92 Å². The lowest BCUT2D eigenvalue weighted by atomic mass is 10.2. The number of nitrogens with one attached hydrogen (secondary N) is 1. The molecule has 3 N–H and O–H groups in total. The average molecular weight is 273 g/mol. The number of benzene rings is 1. The highest BCUT2D eigenvalue weighted by Crippen LogP contribution is 2.24. The van der Waals surface area contributed by atoms with Gasteiger partial charge in [0.05, 0.1) is 17.1 Å². The number of hydrogen-bond donors (Lipinski definition) is 2. The maximum absolute atomic E-state index is 10.8. The van der Waals surface area contributed by atoms with Crippen LogP contribution in [0.2, 0.25) is 0 Å². The van der Waals surface area contributed by atoms with Crippen molar-refractivity contribution < 1.29 is 4.92 Å². The van der Waals surface area contributed by atoms with E-state index in [0.717, 1.165) is 11.4 Å². The van der Waals surface area contributed by atoms with E-state index in [1.807, 2.05) is 43.3 Å². The minimum Gasteiger partial charge on any atom is -0.383 e. The summed E-state index contributed by atoms with van der Waals surface area (Å²) in [4.78, 5) is 16.3. The number of anilines is 4. The lowest BCUT2D eigenvalue weighted by Gasteiger charge is -2.14. The first kappa shape index (κ1) is 13.6. The lowest BCUT2D eigenvalue weighted by Crippen LogP contribution is -2.08. The largest absolute Gasteiger partial charge is 0.383 e. The van der Waals surface area contributed by atoms with Crippen LogP contribution < -0.4 is 16.0 Å². The standard InChI is InChI=1S/C13H15N5O2/c1-17(2)10-5-3-4-9(6-10)15-13-8-11(18(19)20)7-12(14)16-13/h3-8H,1-2H3,(H3,14,15,16). The van der Waals surface area contributed by atoms with Crippen molar-refractivity contribution in [2.45, 2.75) is 0 Å². The van der Waals surface area contributed by atoms with E-state index >= 15 is 0 Å². The summed E-state index contributed by atoms with van der Waals surface area (Å²) in [6.45, 7) is 0. The quantitative estimate of drug-likeness (QED) is 0.655. The molecule has 1 heterocycles. The highest BCUT2D eigenvalue weighted by Gasteiger charge is 2.10. The van der Waals surface area contributed by atoms with Crippen LogP contribution in [0.5, 0.6) is 0 Å². The van der Waals surface area contributed by atoms with E-state index in [1.165, 1.54) is 12.1 Å². The molecule has 0 saturated heterocycles. The predicted molar refractivity (Wildman–Crippen MR) is 79.4 cm³/mol. The molecule has 0 fully saturated rings. The Bertz CT molecular complexity index is 642. The van der Waals surface area contributed by atoms with E-state index in [-0.39, 0.29) is 11.5 Å². The third-order valence-corrected chi connectivity index (χ3v) is 2.68. The molecule has 2 aromatic rings. The fourth-order valence-electron chi connectivity index (χ4n) is 1.72. The van der Waals surface area contributed by atoms with Gasteiger partial charge in [-0.2, -0.15) is 0 Å². The summed E-state index contributed by atoms with van der Waals surface area (Å²) in [6, 6.07) is 10.2. The molecule has 0 spiro atoms. The molecule has 1 aromatic carbocycles. The van der Waals surface area contributed by atoms with Crippen LogP contribution in [0, 0.1) is 10.1 Å². The molecule has 1 aromatic heterocycles. The molecule has 2 rings (SSSR count). The van der Waals surface area contributed by atoms with Gasteiger partial charge in [0, 0.05) is 25.5 Å². The van der Waals surface area contributed by atoms with Crippen LogP contribution in [-0.4, -0.2) is 24.0 Å². The molecule has 20 heavy (non-hydrogen) atoms. The van der Waals surface area contributed by atoms with Gasteiger partial charge in [-0.15, -0.1) is 0 Å². The van der Waals surface area contributed by atoms with Gasteiger partial charge in [0.25, 0.3) is 5.69 Å². The zero-order valence-electron chi connectivity index (χ0n) is 11.2. The molecule has 7 nitrogen and oxygen atoms in total. The molecule has 0 saturated carbocycles. The predicted octanol–water partition coefficient (Wildman–Crippen LogP) is 2.38. The number of aromatic nitrogens is 1. The van der Waals surface area contributed by atoms with E-state index in [4.69, 9.17) is 5.73 Å². The second-order valence-electron chi connectivity index (χ2n) is 4.46. The van der Waals surface area contributed by atoms with Crippen molar-refractivity contribution in [3.63, 3.8) is 0 Å². The smallest absolute Gasteiger partial charge is 0.276 e. The van der Waals surface area contributed by atoms with Crippen molar-refractivity contribution in [3.05, 3.63) is 46.5 Å². The second-order valence-corrected chi connectivity index (χ2v) is 4.46. The monoisotopic (exact) mass is 273 g/mol. The van der Waals surface area contributed by atoms with Crippen molar-refractivity contribution >= 4 is 28.7 Å². The van der Waals surface area contributed by atoms with E-state index in [1.54, 1.807) is 0 Å². The van der Waals surface area contributed by atoms with Gasteiger partial charge in [0.15, 0.2) is 0 Å². The van der Waals surface area contributed by atoms with Crippen LogP contribution >= 0.6 is 0 Å². The molecule has 0 aliphatic heterocycles. The lowest BCUT2D eigenvalue weighted by molar-refractivity contribution is -0.384. The van der Waals surface area contributed by atoms with Gasteiger partial charge in [-0.05, 0) is 18.2 Å². The zero-order chi connectivity index (χ0) is 14.7. The molecule has 7 heteroatoms. The minimum atomic E-state index is -0.501. The van der Waals surface area contributed by atoms with Crippen LogP contribution in [-0.2, 0) is 0 Å². The number of hydrogen-bond acceptors (Lipinski definition) is 6. The molecule has 104 valence electrons. The second kappa shape index (κ2) is 5.43. The number of nitrogen functional groups attached to an aromatic ring is 1. The summed E-state index contributed by atoms with van der Waals surface area (Å²) in [5, 5.41) is 13.8. The summed E-state index contributed by atoms with van der Waals surface area (Å²) < 4.78 is 0. The summed E-state index contributed by atoms with van der Waals surface area (Å²) >= 11 is 0. The molecule has 0 aliphatic carbocycles. The van der Waals surface area contributed by atoms with Gasteiger partial charge in [0.2, 0.25) is 0 Å². The van der Waals surface area contributed by atoms with Crippen LogP contribution in [0.15, 0.2) is 36.4 Å². The van der Waals surface area contributed by atoms with Crippen LogP contribution in [0.3, 0.4) is 0 Å². The highest BCUT2D eigenvalue weighted by atomic mass is 16.6. The van der Waals surface area contributed by atoms with Crippen LogP contribution in [0.25, 0.3) is 0 Å². The maximum Gasteiger partial charge on any atom is 0.276 e. The molecule has 0 aliphatic rings. The Balaban J connectivity index is 2.30. The summed E-state index contributed by atoms with van der Waals surface area (Å²) in [6.07, 6.45) is 0. The van der Waals surface area contributed by atoms with Crippen molar-refractivity contribution in [1.29, 1.82) is 0 Å². The van der Waals surface area contributed by atoms with Gasteiger partial charge in [0.1, 0.15) is 11.6 Å². The first-order valence-corrected chi connectivity index (χ1v) is 5.92. The Morgan fingerprint density at radius 2 is 2.05 bits per heavy atom. The van der Waals surface area contributed by atoms with Crippen LogP contribution in [0.1, 0.15) is 0 Å². The topological polar surface area (TPSA) is 97.3 Å². The molecular formula is C13H15N5O2. The van der Waals surface area contributed by atoms with Crippen molar-refractivity contribution in [3.8, 4) is 0 Å². The summed E-state index contributed by atoms with van der Waals surface area (Å²) in [5.41, 5.74) is 7.26. The van der Waals surface area contributed by atoms with Gasteiger partial charge in [-0.25, -0.2) is 4.98 Å². The highest BCUT2D eigenvalue weighted by molar-refractivity contribution is 5.65. The Labute approximate surface area is 116 Å². The molecular weight excluding hydrogens is 258 g/mol. The number of rotatable bonds is 4. The molecule has 0 unspecified atom stereocenters. The van der Waals surface area contributed by atoms with Gasteiger partial charge >= 0.3 is 0 Å². The normalized spacial score (nSPS) is 10.1. The van der Waals surface area contributed by atoms with Crippen molar-refractivity contribution in [2.24, 2.45) is 0 Å². The number of nitrogens with two attached hydrogens (primary N) is 1. The molecule has 0 radical (unpaired) electrons. The maximum atomic E-state index is 10.8. The number of nitro groups is 1. The number of pyridine rings is 1. The first-order valence-electron chi connectivity index (χ1n) is 5.92. The van der Waals surface area contributed by atoms with Gasteiger partial charge < -0.3 is 16.0 Å². The Morgan fingerprint density at radius 3 is 2.70 bits per heavy atom. The molecule has 0 atom stereocenters. The third kappa shape index (κ3) is 3.14. The van der Waals surface area contributed by atoms with Gasteiger partial charge in [-0.1, -0.05) is 6.07 Å². The Hall–Kier alpha value is -2.83. The zero-order valence-corrected chi connectivity index (χ0v) is 11.2. The Kier molecular flexibility index (Phi) is 3.69. The summed E-state index contributed by atoms with van der Waals surface area (Å²) in [5.74, 6) is 0.443. The Morgan fingerprint density at radius 1 is 1.30 bits per heavy atom. The van der Waals surface area contributed by atoms with E-state index in [2.05, 4.69) is 10.3 Å². The van der Waals surface area contributed by atoms with Gasteiger partial charge in [-0.3, -0.25) is 10.1 Å². The first-order chi connectivity index (χ1) is 9.45. The third-order valence-electron chi connectivity index (χ3n) is 2.68. The van der Waals surface area contributed by atoms with Crippen molar-refractivity contribution in [1.82, 2.24) is 4.98 Å². The van der Waals surface area contributed by atoms with E-state index in [0.29, 0.717) is 5.82 Å². The van der Waals surface area contributed by atoms with E-state index in [9.17, 15) is 10.1 Å². The summed E-state index contributed by atoms with van der Waals surface area (Å²) in [7, 11) is 3.87. The number of nitrogens with zero attached hydrogens (tertiary/aromatic N) is 3. The minimum absolute atomic E-state index is 0.0937.